The number of rotatable bonds is 4. The van der Waals surface area contributed by atoms with E-state index in [1.54, 1.807) is 12.4 Å². The molecule has 0 aromatic carbocycles. The number of hydrogen-bond donors (Lipinski definition) is 3. The molecule has 1 aliphatic carbocycles. The fourth-order valence-electron chi connectivity index (χ4n) is 2.58. The Morgan fingerprint density at radius 2 is 2.06 bits per heavy atom. The Morgan fingerprint density at radius 1 is 1.29 bits per heavy atom. The van der Waals surface area contributed by atoms with Gasteiger partial charge in [0, 0.05) is 6.04 Å². The zero-order chi connectivity index (χ0) is 12.1. The lowest BCUT2D eigenvalue weighted by Gasteiger charge is -2.31. The van der Waals surface area contributed by atoms with Gasteiger partial charge in [0.2, 0.25) is 0 Å². The maximum Gasteiger partial charge on any atom is 0.160 e. The van der Waals surface area contributed by atoms with E-state index in [9.17, 15) is 0 Å². The van der Waals surface area contributed by atoms with Crippen LogP contribution in [0.5, 0.6) is 0 Å². The first-order valence-electron chi connectivity index (χ1n) is 6.38. The molecule has 2 atom stereocenters. The number of hydrazine groups is 1. The summed E-state index contributed by atoms with van der Waals surface area (Å²) in [6.07, 6.45) is 9.78. The van der Waals surface area contributed by atoms with Gasteiger partial charge in [0.15, 0.2) is 5.82 Å². The summed E-state index contributed by atoms with van der Waals surface area (Å²) in [5.41, 5.74) is 2.52. The number of anilines is 2. The van der Waals surface area contributed by atoms with Crippen molar-refractivity contribution in [1.82, 2.24) is 9.97 Å². The largest absolute Gasteiger partial charge is 0.366 e. The van der Waals surface area contributed by atoms with Gasteiger partial charge in [0.25, 0.3) is 0 Å². The van der Waals surface area contributed by atoms with Crippen molar-refractivity contribution in [2.45, 2.75) is 45.1 Å². The number of aromatic nitrogens is 2. The summed E-state index contributed by atoms with van der Waals surface area (Å²) in [6, 6.07) is 0.524. The van der Waals surface area contributed by atoms with Gasteiger partial charge in [0.1, 0.15) is 5.82 Å². The van der Waals surface area contributed by atoms with E-state index < -0.39 is 0 Å². The van der Waals surface area contributed by atoms with Gasteiger partial charge in [-0.1, -0.05) is 26.2 Å². The van der Waals surface area contributed by atoms with Gasteiger partial charge in [-0.25, -0.2) is 10.8 Å². The Balaban J connectivity index is 2.02. The van der Waals surface area contributed by atoms with E-state index >= 15 is 0 Å². The fourth-order valence-corrected chi connectivity index (χ4v) is 2.58. The van der Waals surface area contributed by atoms with E-state index in [1.807, 2.05) is 0 Å². The minimum Gasteiger partial charge on any atom is -0.366 e. The lowest BCUT2D eigenvalue weighted by atomic mass is 9.83. The molecular formula is C12H21N5. The van der Waals surface area contributed by atoms with E-state index in [0.717, 1.165) is 11.7 Å². The van der Waals surface area contributed by atoms with Crippen LogP contribution < -0.4 is 16.6 Å². The monoisotopic (exact) mass is 235 g/mol. The number of hydrogen-bond acceptors (Lipinski definition) is 5. The summed E-state index contributed by atoms with van der Waals surface area (Å²) in [7, 11) is 0. The van der Waals surface area contributed by atoms with Crippen LogP contribution in [0.3, 0.4) is 0 Å². The molecule has 0 radical (unpaired) electrons. The van der Waals surface area contributed by atoms with Crippen molar-refractivity contribution in [3.05, 3.63) is 12.4 Å². The predicted octanol–water partition coefficient (Wildman–Crippen LogP) is 2.14. The molecule has 5 heteroatoms. The summed E-state index contributed by atoms with van der Waals surface area (Å²) in [6.45, 7) is 2.26. The third kappa shape index (κ3) is 3.06. The van der Waals surface area contributed by atoms with Crippen LogP contribution >= 0.6 is 0 Å². The van der Waals surface area contributed by atoms with Gasteiger partial charge in [-0.3, -0.25) is 4.98 Å². The summed E-state index contributed by atoms with van der Waals surface area (Å²) in [4.78, 5) is 8.45. The summed E-state index contributed by atoms with van der Waals surface area (Å²) >= 11 is 0. The van der Waals surface area contributed by atoms with Crippen molar-refractivity contribution in [2.24, 2.45) is 11.8 Å². The van der Waals surface area contributed by atoms with E-state index in [4.69, 9.17) is 5.84 Å². The zero-order valence-electron chi connectivity index (χ0n) is 10.3. The molecule has 1 heterocycles. The molecule has 1 aromatic heterocycles. The molecule has 1 aromatic rings. The molecule has 0 saturated heterocycles. The number of nitrogens with one attached hydrogen (secondary N) is 2. The minimum atomic E-state index is 0.524. The fraction of sp³-hybridized carbons (Fsp3) is 0.667. The van der Waals surface area contributed by atoms with Gasteiger partial charge < -0.3 is 10.7 Å². The Morgan fingerprint density at radius 3 is 2.82 bits per heavy atom. The highest BCUT2D eigenvalue weighted by Crippen LogP contribution is 2.28. The maximum atomic E-state index is 5.33. The molecule has 0 bridgehead atoms. The SMILES string of the molecule is CCC1CCCCC1Nc1cncc(NN)n1. The Hall–Kier alpha value is -1.36. The first-order valence-corrected chi connectivity index (χ1v) is 6.38. The molecular weight excluding hydrogens is 214 g/mol. The molecule has 1 aliphatic rings. The molecule has 17 heavy (non-hydrogen) atoms. The van der Waals surface area contributed by atoms with Gasteiger partial charge >= 0.3 is 0 Å². The van der Waals surface area contributed by atoms with Crippen molar-refractivity contribution in [2.75, 3.05) is 10.7 Å². The van der Waals surface area contributed by atoms with Crippen LogP contribution in [0.2, 0.25) is 0 Å². The van der Waals surface area contributed by atoms with Crippen LogP contribution in [0.25, 0.3) is 0 Å². The van der Waals surface area contributed by atoms with Crippen LogP contribution in [0.1, 0.15) is 39.0 Å². The Kier molecular flexibility index (Phi) is 4.14. The molecule has 2 rings (SSSR count). The zero-order valence-corrected chi connectivity index (χ0v) is 10.3. The molecule has 2 unspecified atom stereocenters. The number of nitrogens with zero attached hydrogens (tertiary/aromatic N) is 2. The molecule has 1 saturated carbocycles. The molecule has 94 valence electrons. The van der Waals surface area contributed by atoms with Crippen molar-refractivity contribution < 1.29 is 0 Å². The quantitative estimate of drug-likeness (QED) is 0.550. The summed E-state index contributed by atoms with van der Waals surface area (Å²) in [5.74, 6) is 7.48. The van der Waals surface area contributed by atoms with Crippen LogP contribution in [0, 0.1) is 5.92 Å². The Labute approximate surface area is 102 Å². The van der Waals surface area contributed by atoms with Gasteiger partial charge in [-0.15, -0.1) is 0 Å². The first kappa shape index (κ1) is 12.1. The second kappa shape index (κ2) is 5.82. The molecule has 5 nitrogen and oxygen atoms in total. The topological polar surface area (TPSA) is 75.9 Å². The molecule has 0 spiro atoms. The van der Waals surface area contributed by atoms with Crippen molar-refractivity contribution >= 4 is 11.6 Å². The molecule has 1 fully saturated rings. The average Bonchev–Trinajstić information content (AvgIpc) is 2.39. The Bertz CT molecular complexity index is 355. The third-order valence-electron chi connectivity index (χ3n) is 3.55. The van der Waals surface area contributed by atoms with E-state index in [0.29, 0.717) is 11.9 Å². The second-order valence-electron chi connectivity index (χ2n) is 4.64. The summed E-state index contributed by atoms with van der Waals surface area (Å²) in [5, 5.41) is 3.49. The summed E-state index contributed by atoms with van der Waals surface area (Å²) < 4.78 is 0. The lowest BCUT2D eigenvalue weighted by molar-refractivity contribution is 0.317. The third-order valence-corrected chi connectivity index (χ3v) is 3.55. The highest BCUT2D eigenvalue weighted by atomic mass is 15.3. The average molecular weight is 235 g/mol. The van der Waals surface area contributed by atoms with Gasteiger partial charge in [-0.05, 0) is 18.8 Å². The van der Waals surface area contributed by atoms with Crippen molar-refractivity contribution in [3.8, 4) is 0 Å². The van der Waals surface area contributed by atoms with Gasteiger partial charge in [0.05, 0.1) is 12.4 Å². The predicted molar refractivity (Wildman–Crippen MR) is 69.5 cm³/mol. The van der Waals surface area contributed by atoms with Crippen LogP contribution in [0.15, 0.2) is 12.4 Å². The molecule has 4 N–H and O–H groups in total. The maximum absolute atomic E-state index is 5.33. The standard InChI is InChI=1S/C12H21N5/c1-2-9-5-3-4-6-10(9)15-11-7-14-8-12(16-11)17-13/h7-10H,2-6,13H2,1H3,(H2,15,16,17). The van der Waals surface area contributed by atoms with Crippen LogP contribution in [0.4, 0.5) is 11.6 Å². The minimum absolute atomic E-state index is 0.524. The van der Waals surface area contributed by atoms with E-state index in [1.165, 1.54) is 32.1 Å². The van der Waals surface area contributed by atoms with E-state index in [2.05, 4.69) is 27.6 Å². The van der Waals surface area contributed by atoms with Crippen molar-refractivity contribution in [1.29, 1.82) is 0 Å². The van der Waals surface area contributed by atoms with Crippen LogP contribution in [-0.2, 0) is 0 Å². The molecule has 0 amide bonds. The highest BCUT2D eigenvalue weighted by Gasteiger charge is 2.23. The highest BCUT2D eigenvalue weighted by molar-refractivity contribution is 5.41. The van der Waals surface area contributed by atoms with E-state index in [-0.39, 0.29) is 0 Å². The first-order chi connectivity index (χ1) is 8.33. The van der Waals surface area contributed by atoms with Crippen LogP contribution in [-0.4, -0.2) is 16.0 Å². The number of nitrogen functional groups attached to an aromatic ring is 1. The van der Waals surface area contributed by atoms with Crippen molar-refractivity contribution in [3.63, 3.8) is 0 Å². The lowest BCUT2D eigenvalue weighted by Crippen LogP contribution is -2.32. The molecule has 0 aliphatic heterocycles. The smallest absolute Gasteiger partial charge is 0.160 e. The van der Waals surface area contributed by atoms with Gasteiger partial charge in [-0.2, -0.15) is 0 Å². The second-order valence-corrected chi connectivity index (χ2v) is 4.64. The number of nitrogens with two attached hydrogens (primary N) is 1. The normalized spacial score (nSPS) is 24.4.